The summed E-state index contributed by atoms with van der Waals surface area (Å²) in [7, 11) is -4.22. The molecule has 1 atom stereocenters. The maximum atomic E-state index is 14.5. The largest absolute Gasteiger partial charge is 0.484 e. The molecule has 150 valence electrons. The molecule has 0 aliphatic carbocycles. The average Bonchev–Trinajstić information content (AvgIpc) is 2.68. The Labute approximate surface area is 162 Å². The predicted molar refractivity (Wildman–Crippen MR) is 103 cm³/mol. The van der Waals surface area contributed by atoms with Crippen molar-refractivity contribution in [1.29, 1.82) is 0 Å². The first-order valence-electron chi connectivity index (χ1n) is 9.11. The fourth-order valence-electron chi connectivity index (χ4n) is 3.58. The second-order valence-electron chi connectivity index (χ2n) is 6.91. The van der Waals surface area contributed by atoms with Crippen LogP contribution in [0.25, 0.3) is 0 Å². The van der Waals surface area contributed by atoms with Crippen LogP contribution in [0.1, 0.15) is 6.92 Å². The van der Waals surface area contributed by atoms with Crippen molar-refractivity contribution in [2.45, 2.75) is 17.9 Å². The van der Waals surface area contributed by atoms with Crippen LogP contribution < -0.4 is 19.3 Å². The molecule has 0 spiro atoms. The van der Waals surface area contributed by atoms with E-state index in [4.69, 9.17) is 4.74 Å². The van der Waals surface area contributed by atoms with Gasteiger partial charge in [0, 0.05) is 38.3 Å². The molecule has 0 aromatic heterocycles. The van der Waals surface area contributed by atoms with E-state index in [1.165, 1.54) is 24.3 Å². The summed E-state index contributed by atoms with van der Waals surface area (Å²) >= 11 is 0. The van der Waals surface area contributed by atoms with Crippen molar-refractivity contribution in [2.75, 3.05) is 41.9 Å². The maximum Gasteiger partial charge on any atom is 0.267 e. The monoisotopic (exact) mass is 409 g/mol. The van der Waals surface area contributed by atoms with E-state index in [2.05, 4.69) is 5.32 Å². The van der Waals surface area contributed by atoms with E-state index in [0.29, 0.717) is 24.5 Å². The van der Waals surface area contributed by atoms with Gasteiger partial charge < -0.3 is 15.0 Å². The number of ether oxygens (including phenoxy) is 1. The molecule has 2 heterocycles. The van der Waals surface area contributed by atoms with Gasteiger partial charge in [0.05, 0.1) is 17.9 Å². The van der Waals surface area contributed by atoms with Crippen molar-refractivity contribution >= 4 is 21.4 Å². The highest BCUT2D eigenvalue weighted by atomic mass is 32.2. The van der Waals surface area contributed by atoms with Gasteiger partial charge in [0.1, 0.15) is 22.6 Å². The number of anilines is 2. The van der Waals surface area contributed by atoms with Crippen molar-refractivity contribution < 1.29 is 21.9 Å². The zero-order chi connectivity index (χ0) is 19.9. The van der Waals surface area contributed by atoms with Crippen molar-refractivity contribution in [1.82, 2.24) is 5.32 Å². The highest BCUT2D eigenvalue weighted by Crippen LogP contribution is 2.44. The lowest BCUT2D eigenvalue weighted by molar-refractivity contribution is 0.219. The molecule has 0 amide bonds. The lowest BCUT2D eigenvalue weighted by Crippen LogP contribution is -2.46. The Morgan fingerprint density at radius 1 is 1.11 bits per heavy atom. The number of piperazine rings is 1. The standard InChI is InChI=1S/C19H21F2N3O3S/c1-13-12-24(28(25,26)18-5-3-2-4-15(18)21)17-11-14(20)10-16(19(17)27-13)23-8-6-22-7-9-23/h2-5,10-11,13,22H,6-9,12H2,1H3. The Morgan fingerprint density at radius 2 is 1.79 bits per heavy atom. The van der Waals surface area contributed by atoms with E-state index in [9.17, 15) is 17.2 Å². The average molecular weight is 409 g/mol. The van der Waals surface area contributed by atoms with Gasteiger partial charge in [-0.05, 0) is 19.1 Å². The topological polar surface area (TPSA) is 61.9 Å². The molecule has 28 heavy (non-hydrogen) atoms. The van der Waals surface area contributed by atoms with E-state index >= 15 is 0 Å². The van der Waals surface area contributed by atoms with E-state index in [-0.39, 0.29) is 12.2 Å². The summed E-state index contributed by atoms with van der Waals surface area (Å²) in [6, 6.07) is 7.67. The molecule has 6 nitrogen and oxygen atoms in total. The van der Waals surface area contributed by atoms with E-state index in [1.807, 2.05) is 4.90 Å². The fraction of sp³-hybridized carbons (Fsp3) is 0.368. The van der Waals surface area contributed by atoms with Crippen LogP contribution in [0.4, 0.5) is 20.2 Å². The summed E-state index contributed by atoms with van der Waals surface area (Å²) < 4.78 is 62.1. The number of nitrogens with zero attached hydrogens (tertiary/aromatic N) is 2. The van der Waals surface area contributed by atoms with Crippen LogP contribution in [-0.2, 0) is 10.0 Å². The Balaban J connectivity index is 1.85. The smallest absolute Gasteiger partial charge is 0.267 e. The van der Waals surface area contributed by atoms with Gasteiger partial charge in [0.25, 0.3) is 10.0 Å². The number of fused-ring (bicyclic) bond motifs is 1. The third-order valence-electron chi connectivity index (χ3n) is 4.89. The van der Waals surface area contributed by atoms with Gasteiger partial charge in [0.2, 0.25) is 0 Å². The zero-order valence-corrected chi connectivity index (χ0v) is 16.2. The summed E-state index contributed by atoms with van der Waals surface area (Å²) in [4.78, 5) is 1.52. The molecule has 1 unspecified atom stereocenters. The summed E-state index contributed by atoms with van der Waals surface area (Å²) in [5, 5.41) is 3.22. The van der Waals surface area contributed by atoms with Crippen LogP contribution in [-0.4, -0.2) is 47.2 Å². The maximum absolute atomic E-state index is 14.5. The van der Waals surface area contributed by atoms with Gasteiger partial charge >= 0.3 is 0 Å². The minimum absolute atomic E-state index is 0.0336. The number of hydrogen-bond donors (Lipinski definition) is 1. The molecule has 0 bridgehead atoms. The number of halogens is 2. The lowest BCUT2D eigenvalue weighted by atomic mass is 10.1. The van der Waals surface area contributed by atoms with E-state index in [0.717, 1.165) is 29.5 Å². The Morgan fingerprint density at radius 3 is 2.50 bits per heavy atom. The van der Waals surface area contributed by atoms with Crippen molar-refractivity contribution in [3.05, 3.63) is 48.0 Å². The number of benzene rings is 2. The summed E-state index contributed by atoms with van der Waals surface area (Å²) in [6.07, 6.45) is -0.471. The van der Waals surface area contributed by atoms with E-state index in [1.54, 1.807) is 6.92 Å². The SMILES string of the molecule is CC1CN(S(=O)(=O)c2ccccc2F)c2cc(F)cc(N3CCNCC3)c2O1. The number of nitrogens with one attached hydrogen (secondary N) is 1. The fourth-order valence-corrected chi connectivity index (χ4v) is 5.19. The first-order valence-corrected chi connectivity index (χ1v) is 10.5. The predicted octanol–water partition coefficient (Wildman–Crippen LogP) is 2.35. The highest BCUT2D eigenvalue weighted by molar-refractivity contribution is 7.92. The molecular formula is C19H21F2N3O3S. The molecule has 1 saturated heterocycles. The Hall–Kier alpha value is -2.39. The molecule has 9 heteroatoms. The van der Waals surface area contributed by atoms with E-state index < -0.39 is 32.7 Å². The summed E-state index contributed by atoms with van der Waals surface area (Å²) in [5.41, 5.74) is 0.603. The minimum Gasteiger partial charge on any atom is -0.484 e. The quantitative estimate of drug-likeness (QED) is 0.843. The molecule has 2 aromatic rings. The second-order valence-corrected chi connectivity index (χ2v) is 8.74. The minimum atomic E-state index is -4.22. The third kappa shape index (κ3) is 3.29. The highest BCUT2D eigenvalue weighted by Gasteiger charge is 2.37. The Bertz CT molecular complexity index is 994. The first-order chi connectivity index (χ1) is 13.4. The van der Waals surface area contributed by atoms with Gasteiger partial charge in [-0.2, -0.15) is 0 Å². The van der Waals surface area contributed by atoms with Gasteiger partial charge in [0.15, 0.2) is 5.75 Å². The van der Waals surface area contributed by atoms with Crippen LogP contribution in [0.5, 0.6) is 5.75 Å². The number of sulfonamides is 1. The second kappa shape index (κ2) is 7.21. The van der Waals surface area contributed by atoms with Crippen LogP contribution in [0.3, 0.4) is 0 Å². The summed E-state index contributed by atoms with van der Waals surface area (Å²) in [6.45, 7) is 4.46. The lowest BCUT2D eigenvalue weighted by Gasteiger charge is -2.38. The molecule has 1 fully saturated rings. The first kappa shape index (κ1) is 18.9. The molecule has 4 rings (SSSR count). The molecule has 2 aromatic carbocycles. The molecule has 2 aliphatic rings. The number of hydrogen-bond acceptors (Lipinski definition) is 5. The van der Waals surface area contributed by atoms with Crippen molar-refractivity contribution in [3.8, 4) is 5.75 Å². The molecular weight excluding hydrogens is 388 g/mol. The van der Waals surface area contributed by atoms with Crippen LogP contribution >= 0.6 is 0 Å². The summed E-state index contributed by atoms with van der Waals surface area (Å²) in [5.74, 6) is -1.11. The van der Waals surface area contributed by atoms with Gasteiger partial charge in [-0.1, -0.05) is 12.1 Å². The van der Waals surface area contributed by atoms with Crippen LogP contribution in [0, 0.1) is 11.6 Å². The van der Waals surface area contributed by atoms with Gasteiger partial charge in [-0.3, -0.25) is 4.31 Å². The zero-order valence-electron chi connectivity index (χ0n) is 15.4. The molecule has 0 radical (unpaired) electrons. The van der Waals surface area contributed by atoms with Crippen LogP contribution in [0.15, 0.2) is 41.3 Å². The normalized spacial score (nSPS) is 19.9. The van der Waals surface area contributed by atoms with Gasteiger partial charge in [-0.25, -0.2) is 17.2 Å². The van der Waals surface area contributed by atoms with Crippen molar-refractivity contribution in [2.24, 2.45) is 0 Å². The van der Waals surface area contributed by atoms with Crippen molar-refractivity contribution in [3.63, 3.8) is 0 Å². The molecule has 0 saturated carbocycles. The van der Waals surface area contributed by atoms with Crippen LogP contribution in [0.2, 0.25) is 0 Å². The van der Waals surface area contributed by atoms with Gasteiger partial charge in [-0.15, -0.1) is 0 Å². The number of rotatable bonds is 3. The molecule has 1 N–H and O–H groups in total. The Kier molecular flexibility index (Phi) is 4.88. The molecule has 2 aliphatic heterocycles. The third-order valence-corrected chi connectivity index (χ3v) is 6.70.